The number of aromatic nitrogens is 3. The molecule has 15 heavy (non-hydrogen) atoms. The van der Waals surface area contributed by atoms with Crippen LogP contribution in [0.2, 0.25) is 0 Å². The first kappa shape index (κ1) is 11.7. The maximum absolute atomic E-state index is 4.17. The first-order valence-corrected chi connectivity index (χ1v) is 5.38. The highest BCUT2D eigenvalue weighted by Crippen LogP contribution is 2.26. The summed E-state index contributed by atoms with van der Waals surface area (Å²) in [5, 5.41) is 8.31. The topological polar surface area (TPSA) is 41.6 Å². The molecule has 82 valence electrons. The van der Waals surface area contributed by atoms with Gasteiger partial charge in [0.15, 0.2) is 5.65 Å². The van der Waals surface area contributed by atoms with E-state index in [0.29, 0.717) is 0 Å². The second-order valence-electron chi connectivity index (χ2n) is 4.22. The van der Waals surface area contributed by atoms with Crippen LogP contribution in [-0.2, 0) is 5.41 Å². The molecule has 0 saturated carbocycles. The predicted molar refractivity (Wildman–Crippen MR) is 63.9 cm³/mol. The number of hydrogen-bond donors (Lipinski definition) is 1. The highest BCUT2D eigenvalue weighted by molar-refractivity contribution is 5.78. The van der Waals surface area contributed by atoms with Crippen molar-refractivity contribution in [2.24, 2.45) is 0 Å². The van der Waals surface area contributed by atoms with Gasteiger partial charge in [0.25, 0.3) is 0 Å². The normalized spacial score (nSPS) is 11.0. The lowest BCUT2D eigenvalue weighted by Gasteiger charge is -2.15. The fraction of sp³-hybridized carbons (Fsp3) is 0.500. The van der Waals surface area contributed by atoms with E-state index < -0.39 is 0 Å². The lowest BCUT2D eigenvalue weighted by molar-refractivity contribution is 0.571. The van der Waals surface area contributed by atoms with Gasteiger partial charge in [-0.15, -0.1) is 0 Å². The molecule has 0 radical (unpaired) electrons. The van der Waals surface area contributed by atoms with Gasteiger partial charge in [-0.1, -0.05) is 34.6 Å². The largest absolute Gasteiger partial charge is 0.279 e. The average Bonchev–Trinajstić information content (AvgIpc) is 2.63. The van der Waals surface area contributed by atoms with E-state index in [0.717, 1.165) is 16.7 Å². The molecule has 0 spiro atoms. The van der Waals surface area contributed by atoms with Crippen LogP contribution in [0, 0.1) is 0 Å². The van der Waals surface area contributed by atoms with Gasteiger partial charge in [0.05, 0.1) is 5.69 Å². The maximum Gasteiger partial charge on any atom is 0.181 e. The first-order valence-electron chi connectivity index (χ1n) is 5.38. The third-order valence-electron chi connectivity index (χ3n) is 2.08. The Bertz CT molecular complexity index is 424. The Labute approximate surface area is 90.9 Å². The van der Waals surface area contributed by atoms with E-state index in [2.05, 4.69) is 36.0 Å². The first-order chi connectivity index (χ1) is 7.09. The highest BCUT2D eigenvalue weighted by Gasteiger charge is 2.19. The zero-order valence-electron chi connectivity index (χ0n) is 10.1. The predicted octanol–water partition coefficient (Wildman–Crippen LogP) is 3.28. The molecule has 0 saturated heterocycles. The van der Waals surface area contributed by atoms with Crippen LogP contribution in [0.5, 0.6) is 0 Å². The molecule has 0 aliphatic rings. The van der Waals surface area contributed by atoms with Crippen LogP contribution >= 0.6 is 0 Å². The van der Waals surface area contributed by atoms with Gasteiger partial charge in [0.2, 0.25) is 0 Å². The summed E-state index contributed by atoms with van der Waals surface area (Å²) in [5.74, 6) is 0. The summed E-state index contributed by atoms with van der Waals surface area (Å²) in [7, 11) is 0. The Morgan fingerprint density at radius 3 is 2.47 bits per heavy atom. The Morgan fingerprint density at radius 2 is 1.87 bits per heavy atom. The van der Waals surface area contributed by atoms with Crippen molar-refractivity contribution in [3.05, 3.63) is 24.0 Å². The van der Waals surface area contributed by atoms with Crippen molar-refractivity contribution in [3.63, 3.8) is 0 Å². The molecule has 0 fully saturated rings. The lowest BCUT2D eigenvalue weighted by Crippen LogP contribution is -2.11. The molecule has 2 heterocycles. The summed E-state index contributed by atoms with van der Waals surface area (Å²) >= 11 is 0. The number of nitrogens with zero attached hydrogens (tertiary/aromatic N) is 2. The fourth-order valence-electron chi connectivity index (χ4n) is 1.42. The molecule has 0 aliphatic carbocycles. The zero-order valence-corrected chi connectivity index (χ0v) is 10.1. The van der Waals surface area contributed by atoms with E-state index in [-0.39, 0.29) is 5.41 Å². The minimum absolute atomic E-state index is 0.0950. The fourth-order valence-corrected chi connectivity index (χ4v) is 1.42. The van der Waals surface area contributed by atoms with Crippen molar-refractivity contribution in [3.8, 4) is 0 Å². The monoisotopic (exact) mass is 205 g/mol. The van der Waals surface area contributed by atoms with E-state index in [1.54, 1.807) is 6.20 Å². The van der Waals surface area contributed by atoms with Crippen LogP contribution in [0.4, 0.5) is 0 Å². The van der Waals surface area contributed by atoms with Gasteiger partial charge >= 0.3 is 0 Å². The van der Waals surface area contributed by atoms with E-state index in [1.807, 2.05) is 26.0 Å². The zero-order chi connectivity index (χ0) is 11.5. The second-order valence-corrected chi connectivity index (χ2v) is 4.22. The van der Waals surface area contributed by atoms with E-state index in [9.17, 15) is 0 Å². The molecule has 1 N–H and O–H groups in total. The molecule has 0 amide bonds. The molecular weight excluding hydrogens is 186 g/mol. The van der Waals surface area contributed by atoms with Gasteiger partial charge in [-0.3, -0.25) is 5.10 Å². The van der Waals surface area contributed by atoms with Gasteiger partial charge in [-0.05, 0) is 12.1 Å². The summed E-state index contributed by atoms with van der Waals surface area (Å²) in [4.78, 5) is 4.17. The van der Waals surface area contributed by atoms with Crippen molar-refractivity contribution in [2.75, 3.05) is 0 Å². The molecule has 0 unspecified atom stereocenters. The summed E-state index contributed by atoms with van der Waals surface area (Å²) in [6.45, 7) is 10.5. The minimum Gasteiger partial charge on any atom is -0.279 e. The molecule has 0 atom stereocenters. The average molecular weight is 205 g/mol. The molecule has 0 aliphatic heterocycles. The number of pyridine rings is 1. The third-order valence-corrected chi connectivity index (χ3v) is 2.08. The van der Waals surface area contributed by atoms with Crippen LogP contribution < -0.4 is 0 Å². The minimum atomic E-state index is 0.0950. The number of hydrogen-bond acceptors (Lipinski definition) is 2. The molecule has 0 aromatic carbocycles. The maximum atomic E-state index is 4.17. The number of rotatable bonds is 0. The Hall–Kier alpha value is -1.38. The van der Waals surface area contributed by atoms with Crippen LogP contribution in [0.1, 0.15) is 40.3 Å². The van der Waals surface area contributed by atoms with Gasteiger partial charge in [0, 0.05) is 17.0 Å². The molecule has 2 aromatic heterocycles. The Morgan fingerprint density at radius 1 is 1.20 bits per heavy atom. The SMILES string of the molecule is CC.CC(C)(C)c1[nH]nc2ncccc12. The van der Waals surface area contributed by atoms with Gasteiger partial charge in [-0.2, -0.15) is 5.10 Å². The third kappa shape index (κ3) is 2.35. The Kier molecular flexibility index (Phi) is 3.45. The molecule has 3 heteroatoms. The summed E-state index contributed by atoms with van der Waals surface area (Å²) < 4.78 is 0. The van der Waals surface area contributed by atoms with Crippen LogP contribution in [0.15, 0.2) is 18.3 Å². The lowest BCUT2D eigenvalue weighted by atomic mass is 9.90. The number of fused-ring (bicyclic) bond motifs is 1. The van der Waals surface area contributed by atoms with Crippen LogP contribution in [0.3, 0.4) is 0 Å². The number of aromatic amines is 1. The number of H-pyrrole nitrogens is 1. The Balaban J connectivity index is 0.000000531. The molecule has 0 bridgehead atoms. The molecule has 2 aromatic rings. The number of nitrogens with one attached hydrogen (secondary N) is 1. The van der Waals surface area contributed by atoms with Crippen molar-refractivity contribution in [2.45, 2.75) is 40.0 Å². The van der Waals surface area contributed by atoms with E-state index in [1.165, 1.54) is 0 Å². The molecule has 3 nitrogen and oxygen atoms in total. The highest BCUT2D eigenvalue weighted by atomic mass is 15.1. The summed E-state index contributed by atoms with van der Waals surface area (Å²) in [5.41, 5.74) is 2.04. The van der Waals surface area contributed by atoms with Gasteiger partial charge in [0.1, 0.15) is 0 Å². The molecule has 2 rings (SSSR count). The van der Waals surface area contributed by atoms with Crippen molar-refractivity contribution >= 4 is 11.0 Å². The molecular formula is C12H19N3. The standard InChI is InChI=1S/C10H13N3.C2H6/c1-10(2,3)8-7-5-4-6-11-9(7)13-12-8;1-2/h4-6H,1-3H3,(H,11,12,13);1-2H3. The van der Waals surface area contributed by atoms with Gasteiger partial charge < -0.3 is 0 Å². The second kappa shape index (κ2) is 4.43. The van der Waals surface area contributed by atoms with Crippen LogP contribution in [0.25, 0.3) is 11.0 Å². The van der Waals surface area contributed by atoms with E-state index in [4.69, 9.17) is 0 Å². The smallest absolute Gasteiger partial charge is 0.181 e. The summed E-state index contributed by atoms with van der Waals surface area (Å²) in [6, 6.07) is 3.99. The van der Waals surface area contributed by atoms with Crippen molar-refractivity contribution < 1.29 is 0 Å². The quantitative estimate of drug-likeness (QED) is 0.717. The van der Waals surface area contributed by atoms with E-state index >= 15 is 0 Å². The summed E-state index contributed by atoms with van der Waals surface area (Å²) in [6.07, 6.45) is 1.76. The van der Waals surface area contributed by atoms with Crippen molar-refractivity contribution in [1.82, 2.24) is 15.2 Å². The van der Waals surface area contributed by atoms with Gasteiger partial charge in [-0.25, -0.2) is 4.98 Å². The van der Waals surface area contributed by atoms with Crippen molar-refractivity contribution in [1.29, 1.82) is 0 Å². The van der Waals surface area contributed by atoms with Crippen LogP contribution in [-0.4, -0.2) is 15.2 Å².